The molecule has 0 fully saturated rings. The minimum Gasteiger partial charge on any atom is -0.497 e. The van der Waals surface area contributed by atoms with Gasteiger partial charge in [-0.05, 0) is 18.6 Å². The number of ether oxygens (including phenoxy) is 1. The minimum atomic E-state index is 0.676. The standard InChI is InChI=1S/C18H28N2O/c1-3-4-5-6-7-8-9-10-13-20-18-14-17(21-2)12-11-16(18)15-19/h11-12,14,20H,3-10,13H2,1-2H3. The van der Waals surface area contributed by atoms with Crippen LogP contribution in [0.3, 0.4) is 0 Å². The molecule has 0 bridgehead atoms. The molecule has 21 heavy (non-hydrogen) atoms. The van der Waals surface area contributed by atoms with Gasteiger partial charge in [-0.15, -0.1) is 0 Å². The lowest BCUT2D eigenvalue weighted by atomic mass is 10.1. The summed E-state index contributed by atoms with van der Waals surface area (Å²) >= 11 is 0. The second-order valence-corrected chi connectivity index (χ2v) is 5.42. The molecule has 116 valence electrons. The molecule has 0 saturated carbocycles. The molecule has 0 aliphatic heterocycles. The van der Waals surface area contributed by atoms with E-state index in [9.17, 15) is 0 Å². The summed E-state index contributed by atoms with van der Waals surface area (Å²) in [7, 11) is 1.64. The van der Waals surface area contributed by atoms with E-state index in [-0.39, 0.29) is 0 Å². The molecule has 0 aromatic heterocycles. The van der Waals surface area contributed by atoms with Gasteiger partial charge in [-0.25, -0.2) is 0 Å². The van der Waals surface area contributed by atoms with E-state index in [1.54, 1.807) is 13.2 Å². The van der Waals surface area contributed by atoms with Crippen molar-refractivity contribution in [3.05, 3.63) is 23.8 Å². The average molecular weight is 288 g/mol. The summed E-state index contributed by atoms with van der Waals surface area (Å²) in [6, 6.07) is 7.72. The second kappa shape index (κ2) is 11.0. The number of unbranched alkanes of at least 4 members (excludes halogenated alkanes) is 7. The number of rotatable bonds is 11. The Bertz CT molecular complexity index is 437. The maximum atomic E-state index is 9.09. The molecule has 0 aliphatic rings. The largest absolute Gasteiger partial charge is 0.497 e. The fourth-order valence-corrected chi connectivity index (χ4v) is 2.38. The highest BCUT2D eigenvalue weighted by atomic mass is 16.5. The third kappa shape index (κ3) is 7.04. The molecule has 1 N–H and O–H groups in total. The van der Waals surface area contributed by atoms with Gasteiger partial charge in [0.2, 0.25) is 0 Å². The molecule has 0 heterocycles. The Hall–Kier alpha value is -1.69. The van der Waals surface area contributed by atoms with Crippen LogP contribution in [0.2, 0.25) is 0 Å². The van der Waals surface area contributed by atoms with E-state index in [4.69, 9.17) is 10.00 Å². The Labute approximate surface area is 129 Å². The predicted octanol–water partition coefficient (Wildman–Crippen LogP) is 5.12. The van der Waals surface area contributed by atoms with Crippen LogP contribution in [-0.4, -0.2) is 13.7 Å². The fraction of sp³-hybridized carbons (Fsp3) is 0.611. The highest BCUT2D eigenvalue weighted by Crippen LogP contribution is 2.22. The smallest absolute Gasteiger partial charge is 0.121 e. The molecule has 0 spiro atoms. The van der Waals surface area contributed by atoms with Crippen LogP contribution < -0.4 is 10.1 Å². The molecule has 1 aromatic rings. The zero-order valence-electron chi connectivity index (χ0n) is 13.5. The first kappa shape index (κ1) is 17.4. The number of anilines is 1. The molecule has 0 saturated heterocycles. The Balaban J connectivity index is 2.19. The Kier molecular flexibility index (Phi) is 9.11. The first-order valence-electron chi connectivity index (χ1n) is 8.13. The number of benzene rings is 1. The Morgan fingerprint density at radius 2 is 1.71 bits per heavy atom. The van der Waals surface area contributed by atoms with Gasteiger partial charge in [0, 0.05) is 12.6 Å². The maximum Gasteiger partial charge on any atom is 0.121 e. The van der Waals surface area contributed by atoms with Gasteiger partial charge in [-0.1, -0.05) is 51.9 Å². The van der Waals surface area contributed by atoms with Gasteiger partial charge < -0.3 is 10.1 Å². The van der Waals surface area contributed by atoms with Crippen molar-refractivity contribution in [3.8, 4) is 11.8 Å². The van der Waals surface area contributed by atoms with Crippen LogP contribution in [0, 0.1) is 11.3 Å². The van der Waals surface area contributed by atoms with Crippen molar-refractivity contribution < 1.29 is 4.74 Å². The quantitative estimate of drug-likeness (QED) is 0.575. The van der Waals surface area contributed by atoms with Gasteiger partial charge in [-0.3, -0.25) is 0 Å². The van der Waals surface area contributed by atoms with Gasteiger partial charge in [0.15, 0.2) is 0 Å². The highest BCUT2D eigenvalue weighted by Gasteiger charge is 2.03. The van der Waals surface area contributed by atoms with E-state index in [2.05, 4.69) is 18.3 Å². The zero-order chi connectivity index (χ0) is 15.3. The van der Waals surface area contributed by atoms with Crippen LogP contribution in [-0.2, 0) is 0 Å². The van der Waals surface area contributed by atoms with E-state index in [1.165, 1.54) is 44.9 Å². The van der Waals surface area contributed by atoms with Crippen molar-refractivity contribution in [1.82, 2.24) is 0 Å². The Morgan fingerprint density at radius 3 is 2.33 bits per heavy atom. The number of hydrogen-bond acceptors (Lipinski definition) is 3. The molecular formula is C18H28N2O. The van der Waals surface area contributed by atoms with Crippen LogP contribution in [0.1, 0.15) is 63.9 Å². The van der Waals surface area contributed by atoms with Crippen LogP contribution in [0.15, 0.2) is 18.2 Å². The third-order valence-electron chi connectivity index (χ3n) is 3.69. The van der Waals surface area contributed by atoms with Gasteiger partial charge in [0.25, 0.3) is 0 Å². The molecule has 1 rings (SSSR count). The number of nitrogens with zero attached hydrogens (tertiary/aromatic N) is 1. The second-order valence-electron chi connectivity index (χ2n) is 5.42. The highest BCUT2D eigenvalue weighted by molar-refractivity contribution is 5.60. The van der Waals surface area contributed by atoms with E-state index >= 15 is 0 Å². The summed E-state index contributed by atoms with van der Waals surface area (Å²) in [6.07, 6.45) is 10.5. The van der Waals surface area contributed by atoms with Crippen molar-refractivity contribution in [1.29, 1.82) is 5.26 Å². The number of methoxy groups -OCH3 is 1. The predicted molar refractivity (Wildman–Crippen MR) is 88.8 cm³/mol. The molecule has 3 heteroatoms. The summed E-state index contributed by atoms with van der Waals surface area (Å²) in [5.74, 6) is 0.785. The molecule has 0 atom stereocenters. The van der Waals surface area contributed by atoms with Crippen molar-refractivity contribution in [2.24, 2.45) is 0 Å². The maximum absolute atomic E-state index is 9.09. The van der Waals surface area contributed by atoms with E-state index in [0.717, 1.165) is 24.4 Å². The number of hydrogen-bond donors (Lipinski definition) is 1. The molecule has 0 unspecified atom stereocenters. The van der Waals surface area contributed by atoms with E-state index < -0.39 is 0 Å². The zero-order valence-corrected chi connectivity index (χ0v) is 13.5. The minimum absolute atomic E-state index is 0.676. The van der Waals surface area contributed by atoms with Gasteiger partial charge in [0.1, 0.15) is 11.8 Å². The van der Waals surface area contributed by atoms with E-state index in [0.29, 0.717) is 5.56 Å². The lowest BCUT2D eigenvalue weighted by molar-refractivity contribution is 0.415. The molecule has 0 aliphatic carbocycles. The Morgan fingerprint density at radius 1 is 1.05 bits per heavy atom. The lowest BCUT2D eigenvalue weighted by Crippen LogP contribution is -2.03. The number of nitriles is 1. The van der Waals surface area contributed by atoms with E-state index in [1.807, 2.05) is 12.1 Å². The van der Waals surface area contributed by atoms with Gasteiger partial charge >= 0.3 is 0 Å². The first-order chi connectivity index (χ1) is 10.3. The van der Waals surface area contributed by atoms with Crippen LogP contribution in [0.4, 0.5) is 5.69 Å². The fourth-order valence-electron chi connectivity index (χ4n) is 2.38. The van der Waals surface area contributed by atoms with Gasteiger partial charge in [-0.2, -0.15) is 5.26 Å². The van der Waals surface area contributed by atoms with Gasteiger partial charge in [0.05, 0.1) is 18.4 Å². The van der Waals surface area contributed by atoms with Crippen molar-refractivity contribution >= 4 is 5.69 Å². The summed E-state index contributed by atoms with van der Waals surface area (Å²) in [5, 5.41) is 12.4. The summed E-state index contributed by atoms with van der Waals surface area (Å²) < 4.78 is 5.20. The molecule has 1 aromatic carbocycles. The monoisotopic (exact) mass is 288 g/mol. The number of nitrogens with one attached hydrogen (secondary N) is 1. The summed E-state index contributed by atoms with van der Waals surface area (Å²) in [5.41, 5.74) is 1.55. The van der Waals surface area contributed by atoms with Crippen LogP contribution in [0.25, 0.3) is 0 Å². The normalized spacial score (nSPS) is 10.1. The van der Waals surface area contributed by atoms with Crippen molar-refractivity contribution in [2.45, 2.75) is 58.3 Å². The topological polar surface area (TPSA) is 45.0 Å². The van der Waals surface area contributed by atoms with Crippen LogP contribution >= 0.6 is 0 Å². The third-order valence-corrected chi connectivity index (χ3v) is 3.69. The first-order valence-corrected chi connectivity index (χ1v) is 8.13. The summed E-state index contributed by atoms with van der Waals surface area (Å²) in [6.45, 7) is 3.16. The molecule has 0 amide bonds. The molecular weight excluding hydrogens is 260 g/mol. The van der Waals surface area contributed by atoms with Crippen LogP contribution in [0.5, 0.6) is 5.75 Å². The molecule has 0 radical (unpaired) electrons. The van der Waals surface area contributed by atoms with Crippen molar-refractivity contribution in [3.63, 3.8) is 0 Å². The van der Waals surface area contributed by atoms with Crippen molar-refractivity contribution in [2.75, 3.05) is 19.0 Å². The molecule has 3 nitrogen and oxygen atoms in total. The summed E-state index contributed by atoms with van der Waals surface area (Å²) in [4.78, 5) is 0. The average Bonchev–Trinajstić information content (AvgIpc) is 2.53. The lowest BCUT2D eigenvalue weighted by Gasteiger charge is -2.10. The SMILES string of the molecule is CCCCCCCCCCNc1cc(OC)ccc1C#N.